The molecule has 7 heteroatoms. The van der Waals surface area contributed by atoms with Gasteiger partial charge in [0.2, 0.25) is 0 Å². The number of ether oxygens (including phenoxy) is 2. The lowest BCUT2D eigenvalue weighted by atomic mass is 9.90. The van der Waals surface area contributed by atoms with Crippen molar-refractivity contribution in [1.82, 2.24) is 9.55 Å². The second-order valence-corrected chi connectivity index (χ2v) is 10.5. The van der Waals surface area contributed by atoms with Crippen molar-refractivity contribution in [2.75, 3.05) is 7.11 Å². The van der Waals surface area contributed by atoms with E-state index in [1.807, 2.05) is 24.3 Å². The lowest BCUT2D eigenvalue weighted by Gasteiger charge is -2.32. The third-order valence-electron chi connectivity index (χ3n) is 5.40. The van der Waals surface area contributed by atoms with Crippen LogP contribution in [0.1, 0.15) is 44.6 Å². The van der Waals surface area contributed by atoms with Gasteiger partial charge in [0.15, 0.2) is 5.16 Å². The van der Waals surface area contributed by atoms with Crippen molar-refractivity contribution in [1.29, 1.82) is 0 Å². The molecule has 1 aliphatic heterocycles. The molecule has 0 radical (unpaired) electrons. The molecule has 154 valence electrons. The summed E-state index contributed by atoms with van der Waals surface area (Å²) in [6.07, 6.45) is 1.65. The molecule has 0 aliphatic carbocycles. The predicted octanol–water partition coefficient (Wildman–Crippen LogP) is 5.20. The molecule has 0 fully saturated rings. The minimum absolute atomic E-state index is 0.00108. The molecule has 0 saturated heterocycles. The first kappa shape index (κ1) is 20.4. The Labute approximate surface area is 179 Å². The van der Waals surface area contributed by atoms with Crippen LogP contribution in [-0.4, -0.2) is 27.5 Å². The topological polar surface area (TPSA) is 53.4 Å². The van der Waals surface area contributed by atoms with Crippen LogP contribution < -0.4 is 10.3 Å². The van der Waals surface area contributed by atoms with Crippen molar-refractivity contribution in [2.24, 2.45) is 0 Å². The fraction of sp³-hybridized carbons (Fsp3) is 0.455. The van der Waals surface area contributed by atoms with E-state index in [1.165, 1.54) is 0 Å². The Bertz CT molecular complexity index is 1100. The van der Waals surface area contributed by atoms with Crippen molar-refractivity contribution >= 4 is 33.3 Å². The standard InChI is InChI=1S/C22H26N2O3S2/c1-6-22(4)11-16-17(12-27-22)29-19-18(16)20(25)24(21(23-19)28-13(2)3)14-7-9-15(26-5)10-8-14/h7-10,13H,6,11-12H2,1-5H3. The number of rotatable bonds is 5. The molecular weight excluding hydrogens is 404 g/mol. The number of aromatic nitrogens is 2. The van der Waals surface area contributed by atoms with Crippen LogP contribution in [0.15, 0.2) is 34.2 Å². The number of benzene rings is 1. The van der Waals surface area contributed by atoms with Crippen LogP contribution in [0.5, 0.6) is 5.75 Å². The number of hydrogen-bond acceptors (Lipinski definition) is 6. The first-order chi connectivity index (χ1) is 13.8. The number of hydrogen-bond donors (Lipinski definition) is 0. The van der Waals surface area contributed by atoms with Crippen LogP contribution in [0, 0.1) is 0 Å². The number of nitrogens with zero attached hydrogens (tertiary/aromatic N) is 2. The molecule has 0 N–H and O–H groups in total. The zero-order chi connectivity index (χ0) is 20.8. The van der Waals surface area contributed by atoms with Gasteiger partial charge in [-0.1, -0.05) is 32.5 Å². The number of thiophene rings is 1. The molecular formula is C22H26N2O3S2. The van der Waals surface area contributed by atoms with Gasteiger partial charge in [0.1, 0.15) is 10.6 Å². The average molecular weight is 431 g/mol. The first-order valence-corrected chi connectivity index (χ1v) is 11.6. The Hall–Kier alpha value is -1.83. The molecule has 0 spiro atoms. The maximum Gasteiger partial charge on any atom is 0.267 e. The number of fused-ring (bicyclic) bond motifs is 3. The molecule has 4 rings (SSSR count). The van der Waals surface area contributed by atoms with E-state index in [0.29, 0.717) is 11.9 Å². The Kier molecular flexibility index (Phi) is 5.48. The third-order valence-corrected chi connectivity index (χ3v) is 7.46. The van der Waals surface area contributed by atoms with Crippen molar-refractivity contribution in [3.8, 4) is 11.4 Å². The Morgan fingerprint density at radius 1 is 1.34 bits per heavy atom. The minimum atomic E-state index is -0.232. The van der Waals surface area contributed by atoms with Gasteiger partial charge in [-0.3, -0.25) is 9.36 Å². The molecule has 1 atom stereocenters. The highest BCUT2D eigenvalue weighted by Crippen LogP contribution is 2.39. The van der Waals surface area contributed by atoms with Crippen LogP contribution in [0.25, 0.3) is 15.9 Å². The normalized spacial score (nSPS) is 19.0. The van der Waals surface area contributed by atoms with Gasteiger partial charge in [0.05, 0.1) is 30.4 Å². The average Bonchev–Trinajstić information content (AvgIpc) is 3.05. The summed E-state index contributed by atoms with van der Waals surface area (Å²) in [6, 6.07) is 7.58. The third kappa shape index (κ3) is 3.71. The fourth-order valence-electron chi connectivity index (χ4n) is 3.58. The second kappa shape index (κ2) is 7.78. The van der Waals surface area contributed by atoms with E-state index in [9.17, 15) is 4.79 Å². The Morgan fingerprint density at radius 2 is 2.07 bits per heavy atom. The molecule has 0 saturated carbocycles. The van der Waals surface area contributed by atoms with Crippen molar-refractivity contribution in [3.63, 3.8) is 0 Å². The molecule has 0 bridgehead atoms. The quantitative estimate of drug-likeness (QED) is 0.411. The van der Waals surface area contributed by atoms with E-state index in [4.69, 9.17) is 14.5 Å². The molecule has 5 nitrogen and oxygen atoms in total. The summed E-state index contributed by atoms with van der Waals surface area (Å²) >= 11 is 3.20. The second-order valence-electron chi connectivity index (χ2n) is 7.85. The highest BCUT2D eigenvalue weighted by molar-refractivity contribution is 7.99. The zero-order valence-corrected chi connectivity index (χ0v) is 19.1. The largest absolute Gasteiger partial charge is 0.497 e. The van der Waals surface area contributed by atoms with E-state index < -0.39 is 0 Å². The van der Waals surface area contributed by atoms with E-state index in [0.717, 1.165) is 50.1 Å². The summed E-state index contributed by atoms with van der Waals surface area (Å²) in [6.45, 7) is 9.02. The number of methoxy groups -OCH3 is 1. The minimum Gasteiger partial charge on any atom is -0.497 e. The maximum absolute atomic E-state index is 13.8. The maximum atomic E-state index is 13.8. The van der Waals surface area contributed by atoms with Gasteiger partial charge in [0.25, 0.3) is 5.56 Å². The fourth-order valence-corrected chi connectivity index (χ4v) is 5.59. The van der Waals surface area contributed by atoms with Crippen LogP contribution in [0.2, 0.25) is 0 Å². The van der Waals surface area contributed by atoms with Gasteiger partial charge in [-0.25, -0.2) is 4.98 Å². The van der Waals surface area contributed by atoms with Crippen LogP contribution >= 0.6 is 23.1 Å². The Morgan fingerprint density at radius 3 is 2.69 bits per heavy atom. The van der Waals surface area contributed by atoms with Crippen molar-refractivity contribution in [3.05, 3.63) is 45.1 Å². The molecule has 3 aromatic rings. The lowest BCUT2D eigenvalue weighted by Crippen LogP contribution is -2.34. The molecule has 1 unspecified atom stereocenters. The molecule has 2 aromatic heterocycles. The van der Waals surface area contributed by atoms with Crippen molar-refractivity contribution < 1.29 is 9.47 Å². The van der Waals surface area contributed by atoms with Crippen LogP contribution in [-0.2, 0) is 17.8 Å². The van der Waals surface area contributed by atoms with Gasteiger partial charge >= 0.3 is 0 Å². The van der Waals surface area contributed by atoms with Crippen molar-refractivity contribution in [2.45, 2.75) is 63.2 Å². The molecule has 29 heavy (non-hydrogen) atoms. The van der Waals surface area contributed by atoms with Gasteiger partial charge in [0, 0.05) is 16.5 Å². The molecule has 0 amide bonds. The summed E-state index contributed by atoms with van der Waals surface area (Å²) in [7, 11) is 1.64. The molecule has 3 heterocycles. The van der Waals surface area contributed by atoms with Gasteiger partial charge in [-0.05, 0) is 43.2 Å². The Balaban J connectivity index is 1.96. The lowest BCUT2D eigenvalue weighted by molar-refractivity contribution is -0.0543. The van der Waals surface area contributed by atoms with Gasteiger partial charge in [-0.15, -0.1) is 11.3 Å². The summed E-state index contributed by atoms with van der Waals surface area (Å²) in [4.78, 5) is 20.6. The highest BCUT2D eigenvalue weighted by Gasteiger charge is 2.33. The monoisotopic (exact) mass is 430 g/mol. The SMILES string of the molecule is CCC1(C)Cc2c(sc3nc(SC(C)C)n(-c4ccc(OC)cc4)c(=O)c23)CO1. The van der Waals surface area contributed by atoms with Gasteiger partial charge < -0.3 is 9.47 Å². The summed E-state index contributed by atoms with van der Waals surface area (Å²) in [5.41, 5.74) is 1.69. The number of thioether (sulfide) groups is 1. The predicted molar refractivity (Wildman–Crippen MR) is 120 cm³/mol. The summed E-state index contributed by atoms with van der Waals surface area (Å²) < 4.78 is 13.1. The first-order valence-electron chi connectivity index (χ1n) is 9.87. The molecule has 1 aliphatic rings. The van der Waals surface area contributed by atoms with E-state index >= 15 is 0 Å². The van der Waals surface area contributed by atoms with E-state index in [2.05, 4.69) is 27.7 Å². The summed E-state index contributed by atoms with van der Waals surface area (Å²) in [5, 5.41) is 1.78. The van der Waals surface area contributed by atoms with Gasteiger partial charge in [-0.2, -0.15) is 0 Å². The zero-order valence-electron chi connectivity index (χ0n) is 17.4. The van der Waals surface area contributed by atoms with Crippen LogP contribution in [0.3, 0.4) is 0 Å². The molecule has 1 aromatic carbocycles. The summed E-state index contributed by atoms with van der Waals surface area (Å²) in [5.74, 6) is 0.762. The van der Waals surface area contributed by atoms with E-state index in [-0.39, 0.29) is 11.2 Å². The smallest absolute Gasteiger partial charge is 0.267 e. The highest BCUT2D eigenvalue weighted by atomic mass is 32.2. The van der Waals surface area contributed by atoms with E-state index in [1.54, 1.807) is 34.8 Å². The van der Waals surface area contributed by atoms with Crippen LogP contribution in [0.4, 0.5) is 0 Å².